The zero-order valence-electron chi connectivity index (χ0n) is 13.9. The second-order valence-corrected chi connectivity index (χ2v) is 7.65. The topological polar surface area (TPSA) is 90.0 Å². The Kier molecular flexibility index (Phi) is 7.21. The van der Waals surface area contributed by atoms with Gasteiger partial charge in [0.2, 0.25) is 0 Å². The SMILES string of the molecule is CC(=O)SC(C)CCOC(C)(C)CC(=O)ON1C(=O)CCC1=O. The summed E-state index contributed by atoms with van der Waals surface area (Å²) >= 11 is 1.25. The Labute approximate surface area is 140 Å². The summed E-state index contributed by atoms with van der Waals surface area (Å²) in [6, 6.07) is 0. The molecule has 0 radical (unpaired) electrons. The lowest BCUT2D eigenvalue weighted by atomic mass is 10.1. The van der Waals surface area contributed by atoms with Gasteiger partial charge in [-0.2, -0.15) is 0 Å². The van der Waals surface area contributed by atoms with Gasteiger partial charge in [-0.05, 0) is 20.3 Å². The molecule has 0 aliphatic carbocycles. The molecule has 130 valence electrons. The van der Waals surface area contributed by atoms with E-state index in [0.717, 1.165) is 0 Å². The summed E-state index contributed by atoms with van der Waals surface area (Å²) in [5, 5.41) is 0.722. The smallest absolute Gasteiger partial charge is 0.336 e. The minimum Gasteiger partial charge on any atom is -0.375 e. The largest absolute Gasteiger partial charge is 0.375 e. The lowest BCUT2D eigenvalue weighted by Gasteiger charge is -2.25. The Bertz CT molecular complexity index is 474. The van der Waals surface area contributed by atoms with E-state index in [-0.39, 0.29) is 29.6 Å². The molecule has 2 amide bonds. The Balaban J connectivity index is 2.36. The van der Waals surface area contributed by atoms with Gasteiger partial charge in [0.25, 0.3) is 11.8 Å². The van der Waals surface area contributed by atoms with E-state index in [1.807, 2.05) is 6.92 Å². The summed E-state index contributed by atoms with van der Waals surface area (Å²) in [6.07, 6.45) is 0.722. The van der Waals surface area contributed by atoms with E-state index in [1.165, 1.54) is 18.7 Å². The molecule has 0 saturated carbocycles. The molecule has 1 rings (SSSR count). The van der Waals surface area contributed by atoms with Crippen LogP contribution >= 0.6 is 11.8 Å². The molecular formula is C15H23NO6S. The molecule has 0 N–H and O–H groups in total. The number of hydroxylamine groups is 2. The maximum absolute atomic E-state index is 11.9. The van der Waals surface area contributed by atoms with Crippen molar-refractivity contribution in [1.29, 1.82) is 0 Å². The number of imide groups is 1. The molecule has 0 spiro atoms. The second-order valence-electron chi connectivity index (χ2n) is 6.04. The monoisotopic (exact) mass is 345 g/mol. The Morgan fingerprint density at radius 3 is 2.35 bits per heavy atom. The van der Waals surface area contributed by atoms with Crippen LogP contribution in [-0.2, 0) is 28.8 Å². The summed E-state index contributed by atoms with van der Waals surface area (Å²) in [6.45, 7) is 7.29. The third kappa shape index (κ3) is 7.13. The number of carbonyl (C=O) groups is 4. The van der Waals surface area contributed by atoms with Crippen LogP contribution in [0.15, 0.2) is 0 Å². The molecule has 1 heterocycles. The van der Waals surface area contributed by atoms with Crippen molar-refractivity contribution in [3.63, 3.8) is 0 Å². The van der Waals surface area contributed by atoms with Gasteiger partial charge >= 0.3 is 5.97 Å². The van der Waals surface area contributed by atoms with Gasteiger partial charge in [-0.1, -0.05) is 18.7 Å². The van der Waals surface area contributed by atoms with Crippen LogP contribution < -0.4 is 0 Å². The highest BCUT2D eigenvalue weighted by Gasteiger charge is 2.34. The average Bonchev–Trinajstić information content (AvgIpc) is 2.68. The van der Waals surface area contributed by atoms with Crippen LogP contribution in [0.5, 0.6) is 0 Å². The van der Waals surface area contributed by atoms with E-state index in [4.69, 9.17) is 9.57 Å². The summed E-state index contributed by atoms with van der Waals surface area (Å²) in [5.41, 5.74) is -0.788. The minimum absolute atomic E-state index is 0.0558. The predicted octanol–water partition coefficient (Wildman–Crippen LogP) is 1.84. The van der Waals surface area contributed by atoms with E-state index in [1.54, 1.807) is 13.8 Å². The third-order valence-corrected chi connectivity index (χ3v) is 4.12. The van der Waals surface area contributed by atoms with Crippen LogP contribution in [0.25, 0.3) is 0 Å². The van der Waals surface area contributed by atoms with Crippen LogP contribution in [0.1, 0.15) is 53.4 Å². The van der Waals surface area contributed by atoms with Crippen molar-refractivity contribution in [2.24, 2.45) is 0 Å². The van der Waals surface area contributed by atoms with E-state index in [2.05, 4.69) is 0 Å². The van der Waals surface area contributed by atoms with Crippen molar-refractivity contribution in [2.75, 3.05) is 6.61 Å². The van der Waals surface area contributed by atoms with Crippen molar-refractivity contribution < 1.29 is 28.8 Å². The van der Waals surface area contributed by atoms with Crippen molar-refractivity contribution >= 4 is 34.7 Å². The van der Waals surface area contributed by atoms with E-state index in [0.29, 0.717) is 18.1 Å². The Hall–Kier alpha value is -1.41. The molecule has 1 atom stereocenters. The second kappa shape index (κ2) is 8.44. The Morgan fingerprint density at radius 1 is 1.26 bits per heavy atom. The van der Waals surface area contributed by atoms with Gasteiger partial charge in [0.1, 0.15) is 0 Å². The minimum atomic E-state index is -0.788. The zero-order chi connectivity index (χ0) is 17.6. The van der Waals surface area contributed by atoms with E-state index < -0.39 is 23.4 Å². The molecule has 0 bridgehead atoms. The molecule has 0 aromatic rings. The molecule has 1 aliphatic heterocycles. The fourth-order valence-corrected chi connectivity index (χ4v) is 2.81. The van der Waals surface area contributed by atoms with Crippen LogP contribution in [0.4, 0.5) is 0 Å². The summed E-state index contributed by atoms with van der Waals surface area (Å²) in [7, 11) is 0. The number of amides is 2. The molecule has 1 unspecified atom stereocenters. The number of nitrogens with zero attached hydrogens (tertiary/aromatic N) is 1. The van der Waals surface area contributed by atoms with Crippen molar-refractivity contribution in [3.8, 4) is 0 Å². The van der Waals surface area contributed by atoms with Crippen molar-refractivity contribution in [1.82, 2.24) is 5.06 Å². The number of rotatable bonds is 8. The number of ether oxygens (including phenoxy) is 1. The van der Waals surface area contributed by atoms with E-state index >= 15 is 0 Å². The molecule has 7 nitrogen and oxygen atoms in total. The van der Waals surface area contributed by atoms with Crippen LogP contribution in [0.2, 0.25) is 0 Å². The summed E-state index contributed by atoms with van der Waals surface area (Å²) in [4.78, 5) is 50.4. The predicted molar refractivity (Wildman–Crippen MR) is 84.2 cm³/mol. The molecule has 8 heteroatoms. The van der Waals surface area contributed by atoms with Crippen molar-refractivity contribution in [3.05, 3.63) is 0 Å². The molecule has 0 aromatic heterocycles. The summed E-state index contributed by atoms with van der Waals surface area (Å²) in [5.74, 6) is -1.70. The highest BCUT2D eigenvalue weighted by Crippen LogP contribution is 2.20. The normalized spacial score (nSPS) is 16.6. The fraction of sp³-hybridized carbons (Fsp3) is 0.733. The number of hydrogen-bond acceptors (Lipinski definition) is 7. The average molecular weight is 345 g/mol. The van der Waals surface area contributed by atoms with Gasteiger partial charge in [-0.25, -0.2) is 4.79 Å². The van der Waals surface area contributed by atoms with E-state index in [9.17, 15) is 19.2 Å². The number of hydrogen-bond donors (Lipinski definition) is 0. The number of thioether (sulfide) groups is 1. The summed E-state index contributed by atoms with van der Waals surface area (Å²) < 4.78 is 5.66. The fourth-order valence-electron chi connectivity index (χ4n) is 2.03. The lowest BCUT2D eigenvalue weighted by molar-refractivity contribution is -0.200. The highest BCUT2D eigenvalue weighted by molar-refractivity contribution is 8.14. The molecule has 1 aliphatic rings. The maximum atomic E-state index is 11.9. The molecular weight excluding hydrogens is 322 g/mol. The van der Waals surface area contributed by atoms with Gasteiger partial charge in [0.05, 0.1) is 12.0 Å². The highest BCUT2D eigenvalue weighted by atomic mass is 32.2. The Morgan fingerprint density at radius 2 is 1.83 bits per heavy atom. The van der Waals surface area contributed by atoms with Gasteiger partial charge < -0.3 is 9.57 Å². The third-order valence-electron chi connectivity index (χ3n) is 3.15. The molecule has 1 fully saturated rings. The first-order valence-corrected chi connectivity index (χ1v) is 8.36. The molecule has 1 saturated heterocycles. The van der Waals surface area contributed by atoms with Gasteiger partial charge in [0, 0.05) is 31.6 Å². The first-order valence-electron chi connectivity index (χ1n) is 7.48. The first-order chi connectivity index (χ1) is 10.6. The molecule has 23 heavy (non-hydrogen) atoms. The van der Waals surface area contributed by atoms with Crippen LogP contribution in [0.3, 0.4) is 0 Å². The lowest BCUT2D eigenvalue weighted by Crippen LogP contribution is -2.36. The van der Waals surface area contributed by atoms with Gasteiger partial charge in [-0.15, -0.1) is 5.06 Å². The maximum Gasteiger partial charge on any atom is 0.336 e. The van der Waals surface area contributed by atoms with Crippen LogP contribution in [-0.4, -0.2) is 45.4 Å². The van der Waals surface area contributed by atoms with Gasteiger partial charge in [-0.3, -0.25) is 14.4 Å². The zero-order valence-corrected chi connectivity index (χ0v) is 14.7. The quantitative estimate of drug-likeness (QED) is 0.620. The van der Waals surface area contributed by atoms with Gasteiger partial charge in [0.15, 0.2) is 5.12 Å². The molecule has 0 aromatic carbocycles. The number of carbonyl (C=O) groups excluding carboxylic acids is 4. The van der Waals surface area contributed by atoms with Crippen LogP contribution in [0, 0.1) is 0 Å². The van der Waals surface area contributed by atoms with Crippen molar-refractivity contribution in [2.45, 2.75) is 64.2 Å². The first kappa shape index (κ1) is 19.6. The standard InChI is InChI=1S/C15H23NO6S/c1-10(23-11(2)17)7-8-21-15(3,4)9-14(20)22-16-12(18)5-6-13(16)19/h10H,5-9H2,1-4H3.